The van der Waals surface area contributed by atoms with E-state index in [1.165, 1.54) is 31.5 Å². The lowest BCUT2D eigenvalue weighted by atomic mass is 10.1. The third-order valence-electron chi connectivity index (χ3n) is 3.14. The minimum atomic E-state index is 0.180. The Balaban J connectivity index is 2.01. The Morgan fingerprint density at radius 2 is 2.17 bits per heavy atom. The second-order valence-electron chi connectivity index (χ2n) is 4.38. The molecule has 1 aromatic carbocycles. The SMILES string of the molecule is COc1cc(Cl)cc(CNC2CCSCC2)c1O. The highest BCUT2D eigenvalue weighted by Gasteiger charge is 2.15. The number of methoxy groups -OCH3 is 1. The van der Waals surface area contributed by atoms with Crippen LogP contribution in [0, 0.1) is 0 Å². The molecular weight excluding hydrogens is 270 g/mol. The summed E-state index contributed by atoms with van der Waals surface area (Å²) in [6, 6.07) is 3.94. The average Bonchev–Trinajstić information content (AvgIpc) is 2.40. The van der Waals surface area contributed by atoms with Crippen molar-refractivity contribution in [3.63, 3.8) is 0 Å². The van der Waals surface area contributed by atoms with Gasteiger partial charge in [-0.1, -0.05) is 11.6 Å². The van der Waals surface area contributed by atoms with Crippen molar-refractivity contribution >= 4 is 23.4 Å². The fourth-order valence-corrected chi connectivity index (χ4v) is 3.41. The van der Waals surface area contributed by atoms with Crippen LogP contribution >= 0.6 is 23.4 Å². The van der Waals surface area contributed by atoms with E-state index in [1.54, 1.807) is 12.1 Å². The zero-order valence-electron chi connectivity index (χ0n) is 10.4. The summed E-state index contributed by atoms with van der Waals surface area (Å²) in [7, 11) is 1.53. The molecule has 1 heterocycles. The van der Waals surface area contributed by atoms with E-state index in [4.69, 9.17) is 16.3 Å². The van der Waals surface area contributed by atoms with Crippen molar-refractivity contribution in [1.29, 1.82) is 0 Å². The lowest BCUT2D eigenvalue weighted by molar-refractivity contribution is 0.368. The number of aromatic hydroxyl groups is 1. The summed E-state index contributed by atoms with van der Waals surface area (Å²) in [4.78, 5) is 0. The second kappa shape index (κ2) is 6.55. The quantitative estimate of drug-likeness (QED) is 0.893. The highest BCUT2D eigenvalue weighted by atomic mass is 35.5. The average molecular weight is 288 g/mol. The van der Waals surface area contributed by atoms with Gasteiger partial charge in [-0.25, -0.2) is 0 Å². The molecule has 0 saturated carbocycles. The number of halogens is 1. The molecule has 0 amide bonds. The monoisotopic (exact) mass is 287 g/mol. The number of thioether (sulfide) groups is 1. The first-order valence-corrected chi connectivity index (χ1v) is 7.60. The molecule has 0 spiro atoms. The van der Waals surface area contributed by atoms with Crippen molar-refractivity contribution in [2.24, 2.45) is 0 Å². The molecule has 0 atom stereocenters. The third kappa shape index (κ3) is 3.46. The van der Waals surface area contributed by atoms with Gasteiger partial charge >= 0.3 is 0 Å². The number of phenols is 1. The first-order chi connectivity index (χ1) is 8.70. The Hall–Kier alpha value is -0.580. The zero-order valence-corrected chi connectivity index (χ0v) is 12.0. The largest absolute Gasteiger partial charge is 0.504 e. The minimum Gasteiger partial charge on any atom is -0.504 e. The Morgan fingerprint density at radius 1 is 1.44 bits per heavy atom. The molecule has 0 aliphatic carbocycles. The van der Waals surface area contributed by atoms with Gasteiger partial charge in [0.15, 0.2) is 11.5 Å². The number of rotatable bonds is 4. The fourth-order valence-electron chi connectivity index (χ4n) is 2.07. The van der Waals surface area contributed by atoms with E-state index in [1.807, 2.05) is 11.8 Å². The van der Waals surface area contributed by atoms with Crippen LogP contribution in [-0.4, -0.2) is 29.8 Å². The summed E-state index contributed by atoms with van der Waals surface area (Å²) >= 11 is 8.00. The van der Waals surface area contributed by atoms with Crippen LogP contribution in [0.25, 0.3) is 0 Å². The lowest BCUT2D eigenvalue weighted by Gasteiger charge is -2.23. The number of ether oxygens (including phenoxy) is 1. The van der Waals surface area contributed by atoms with Crippen molar-refractivity contribution < 1.29 is 9.84 Å². The maximum Gasteiger partial charge on any atom is 0.162 e. The second-order valence-corrected chi connectivity index (χ2v) is 6.04. The summed E-state index contributed by atoms with van der Waals surface area (Å²) in [5.41, 5.74) is 0.789. The zero-order chi connectivity index (χ0) is 13.0. The molecule has 1 fully saturated rings. The van der Waals surface area contributed by atoms with E-state index in [9.17, 15) is 5.11 Å². The Kier molecular flexibility index (Phi) is 5.03. The first kappa shape index (κ1) is 13.8. The molecule has 0 bridgehead atoms. The van der Waals surface area contributed by atoms with Crippen molar-refractivity contribution in [3.8, 4) is 11.5 Å². The molecular formula is C13H18ClNO2S. The fraction of sp³-hybridized carbons (Fsp3) is 0.538. The number of hydrogen-bond acceptors (Lipinski definition) is 4. The van der Waals surface area contributed by atoms with Crippen LogP contribution in [0.15, 0.2) is 12.1 Å². The molecule has 3 nitrogen and oxygen atoms in total. The van der Waals surface area contributed by atoms with Crippen molar-refractivity contribution in [3.05, 3.63) is 22.7 Å². The van der Waals surface area contributed by atoms with Gasteiger partial charge in [-0.2, -0.15) is 11.8 Å². The normalized spacial score (nSPS) is 16.8. The Morgan fingerprint density at radius 3 is 2.83 bits per heavy atom. The van der Waals surface area contributed by atoms with Crippen LogP contribution < -0.4 is 10.1 Å². The van der Waals surface area contributed by atoms with E-state index < -0.39 is 0 Å². The van der Waals surface area contributed by atoms with Crippen LogP contribution in [0.1, 0.15) is 18.4 Å². The summed E-state index contributed by atoms with van der Waals surface area (Å²) < 4.78 is 5.09. The first-order valence-electron chi connectivity index (χ1n) is 6.07. The molecule has 2 rings (SSSR count). The molecule has 0 unspecified atom stereocenters. The van der Waals surface area contributed by atoms with Crippen LogP contribution in [0.3, 0.4) is 0 Å². The highest BCUT2D eigenvalue weighted by Crippen LogP contribution is 2.33. The minimum absolute atomic E-state index is 0.180. The molecule has 1 saturated heterocycles. The smallest absolute Gasteiger partial charge is 0.162 e. The topological polar surface area (TPSA) is 41.5 Å². The third-order valence-corrected chi connectivity index (χ3v) is 4.41. The summed E-state index contributed by atoms with van der Waals surface area (Å²) in [5, 5.41) is 14.1. The van der Waals surface area contributed by atoms with Gasteiger partial charge in [-0.15, -0.1) is 0 Å². The van der Waals surface area contributed by atoms with E-state index in [0.29, 0.717) is 23.4 Å². The van der Waals surface area contributed by atoms with Gasteiger partial charge in [-0.05, 0) is 30.4 Å². The van der Waals surface area contributed by atoms with Crippen LogP contribution in [0.4, 0.5) is 0 Å². The van der Waals surface area contributed by atoms with E-state index in [2.05, 4.69) is 5.32 Å². The molecule has 100 valence electrons. The highest BCUT2D eigenvalue weighted by molar-refractivity contribution is 7.99. The molecule has 0 aromatic heterocycles. The van der Waals surface area contributed by atoms with Gasteiger partial charge < -0.3 is 15.2 Å². The van der Waals surface area contributed by atoms with Crippen molar-refractivity contribution in [1.82, 2.24) is 5.32 Å². The molecule has 1 aromatic rings. The molecule has 0 radical (unpaired) electrons. The maximum absolute atomic E-state index is 10.0. The predicted octanol–water partition coefficient (Wildman–Crippen LogP) is 3.04. The van der Waals surface area contributed by atoms with Gasteiger partial charge in [0.05, 0.1) is 7.11 Å². The maximum atomic E-state index is 10.0. The summed E-state index contributed by atoms with van der Waals surface area (Å²) in [5.74, 6) is 3.03. The van der Waals surface area contributed by atoms with Crippen molar-refractivity contribution in [2.45, 2.75) is 25.4 Å². The molecule has 5 heteroatoms. The van der Waals surface area contributed by atoms with E-state index >= 15 is 0 Å². The number of phenolic OH excluding ortho intramolecular Hbond substituents is 1. The molecule has 2 N–H and O–H groups in total. The molecule has 1 aliphatic rings. The van der Waals surface area contributed by atoms with Gasteiger partial charge in [-0.3, -0.25) is 0 Å². The van der Waals surface area contributed by atoms with E-state index in [-0.39, 0.29) is 5.75 Å². The number of hydrogen-bond donors (Lipinski definition) is 2. The molecule has 18 heavy (non-hydrogen) atoms. The van der Waals surface area contributed by atoms with Gasteiger partial charge in [0.2, 0.25) is 0 Å². The van der Waals surface area contributed by atoms with E-state index in [0.717, 1.165) is 5.56 Å². The van der Waals surface area contributed by atoms with Crippen molar-refractivity contribution in [2.75, 3.05) is 18.6 Å². The summed E-state index contributed by atoms with van der Waals surface area (Å²) in [6.45, 7) is 0.623. The van der Waals surface area contributed by atoms with Crippen LogP contribution in [-0.2, 0) is 6.54 Å². The Bertz CT molecular complexity index is 408. The van der Waals surface area contributed by atoms with Crippen LogP contribution in [0.2, 0.25) is 5.02 Å². The Labute approximate surface area is 117 Å². The predicted molar refractivity (Wildman–Crippen MR) is 76.9 cm³/mol. The lowest BCUT2D eigenvalue weighted by Crippen LogP contribution is -2.32. The standard InChI is InChI=1S/C13H18ClNO2S/c1-17-12-7-10(14)6-9(13(12)16)8-15-11-2-4-18-5-3-11/h6-7,11,15-16H,2-5,8H2,1H3. The van der Waals surface area contributed by atoms with Gasteiger partial charge in [0.1, 0.15) is 0 Å². The number of nitrogens with one attached hydrogen (secondary N) is 1. The van der Waals surface area contributed by atoms with Crippen LogP contribution in [0.5, 0.6) is 11.5 Å². The van der Waals surface area contributed by atoms with Gasteiger partial charge in [0.25, 0.3) is 0 Å². The summed E-state index contributed by atoms with van der Waals surface area (Å²) in [6.07, 6.45) is 2.37. The van der Waals surface area contributed by atoms with Gasteiger partial charge in [0, 0.05) is 29.2 Å². The number of benzene rings is 1. The molecule has 1 aliphatic heterocycles.